The smallest absolute Gasteiger partial charge is 0.196 e. The minimum absolute atomic E-state index is 0.349. The summed E-state index contributed by atoms with van der Waals surface area (Å²) in [6, 6.07) is 46.0. The molecule has 0 saturated carbocycles. The van der Waals surface area contributed by atoms with Gasteiger partial charge in [0.1, 0.15) is 5.75 Å². The fourth-order valence-electron chi connectivity index (χ4n) is 9.80. The third kappa shape index (κ3) is 8.91. The lowest BCUT2D eigenvalue weighted by atomic mass is 10.1. The molecule has 3 aliphatic heterocycles. The highest BCUT2D eigenvalue weighted by molar-refractivity contribution is 5.97. The molecule has 0 amide bonds. The van der Waals surface area contributed by atoms with Crippen LogP contribution in [0.4, 0.5) is 17.1 Å². The minimum atomic E-state index is 0.349. The molecule has 0 aromatic heterocycles. The molecule has 10 nitrogen and oxygen atoms in total. The number of guanidine groups is 3. The Hall–Kier alpha value is -7.07. The Morgan fingerprint density at radius 3 is 1.47 bits per heavy atom. The number of anilines is 3. The number of aliphatic imine (C=N–C) groups is 3. The molecule has 6 aromatic rings. The summed E-state index contributed by atoms with van der Waals surface area (Å²) in [6.07, 6.45) is 6.83. The fourth-order valence-corrected chi connectivity index (χ4v) is 9.80. The lowest BCUT2D eigenvalue weighted by molar-refractivity contribution is 0.414. The van der Waals surface area contributed by atoms with Crippen LogP contribution in [0.5, 0.6) is 5.75 Å². The van der Waals surface area contributed by atoms with Gasteiger partial charge in [0.05, 0.1) is 44.9 Å². The molecule has 12 rings (SSSR count). The Labute approximate surface area is 376 Å². The van der Waals surface area contributed by atoms with E-state index in [4.69, 9.17) is 4.74 Å². The zero-order valence-electron chi connectivity index (χ0n) is 37.0. The van der Waals surface area contributed by atoms with Gasteiger partial charge in [-0.15, -0.1) is 0 Å². The summed E-state index contributed by atoms with van der Waals surface area (Å²) in [4.78, 5) is 13.9. The first kappa shape index (κ1) is 41.0. The van der Waals surface area contributed by atoms with Crippen LogP contribution in [0.15, 0.2) is 142 Å². The van der Waals surface area contributed by atoms with Gasteiger partial charge in [0.15, 0.2) is 17.9 Å². The summed E-state index contributed by atoms with van der Waals surface area (Å²) >= 11 is 0. The molecule has 0 radical (unpaired) electrons. The van der Waals surface area contributed by atoms with Crippen LogP contribution >= 0.6 is 0 Å². The van der Waals surface area contributed by atoms with Crippen molar-refractivity contribution in [2.24, 2.45) is 15.0 Å². The average molecular weight is 848 g/mol. The van der Waals surface area contributed by atoms with Gasteiger partial charge in [-0.25, -0.2) is 15.0 Å². The molecule has 0 fully saturated rings. The SMILES string of the molecule is COc1ccc2c(c1)CN=C(NC1CCc3ccccc31)N2.Cc1ccc2c(c1)CN=C(NC1CCc3ccccc31)N2.Cc1cccc2c1CN=C(NC1CCc3ccccc31)N2. The van der Waals surface area contributed by atoms with Crippen molar-refractivity contribution in [3.05, 3.63) is 189 Å². The first-order valence-corrected chi connectivity index (χ1v) is 22.8. The maximum absolute atomic E-state index is 5.26. The Balaban J connectivity index is 0.000000114. The zero-order chi connectivity index (χ0) is 43.4. The number of benzene rings is 6. The predicted molar refractivity (Wildman–Crippen MR) is 262 cm³/mol. The molecule has 6 aromatic carbocycles. The van der Waals surface area contributed by atoms with Gasteiger partial charge in [-0.1, -0.05) is 103 Å². The van der Waals surface area contributed by atoms with E-state index in [2.05, 4.69) is 170 Å². The quantitative estimate of drug-likeness (QED) is 0.105. The molecule has 64 heavy (non-hydrogen) atoms. The van der Waals surface area contributed by atoms with Crippen molar-refractivity contribution in [3.63, 3.8) is 0 Å². The van der Waals surface area contributed by atoms with E-state index in [-0.39, 0.29) is 0 Å². The second kappa shape index (κ2) is 18.3. The number of nitrogens with one attached hydrogen (secondary N) is 6. The summed E-state index contributed by atoms with van der Waals surface area (Å²) in [6.45, 7) is 6.44. The van der Waals surface area contributed by atoms with Crippen molar-refractivity contribution in [2.75, 3.05) is 23.1 Å². The number of ether oxygens (including phenoxy) is 1. The van der Waals surface area contributed by atoms with Gasteiger partial charge in [-0.2, -0.15) is 0 Å². The largest absolute Gasteiger partial charge is 0.497 e. The van der Waals surface area contributed by atoms with Crippen molar-refractivity contribution in [3.8, 4) is 5.75 Å². The topological polar surface area (TPSA) is 118 Å². The lowest BCUT2D eigenvalue weighted by Gasteiger charge is -2.23. The maximum Gasteiger partial charge on any atom is 0.196 e. The van der Waals surface area contributed by atoms with Crippen LogP contribution in [-0.4, -0.2) is 25.0 Å². The highest BCUT2D eigenvalue weighted by atomic mass is 16.5. The first-order chi connectivity index (χ1) is 31.4. The van der Waals surface area contributed by atoms with E-state index >= 15 is 0 Å². The Morgan fingerprint density at radius 1 is 0.469 bits per heavy atom. The molecule has 0 saturated heterocycles. The molecule has 0 bridgehead atoms. The monoisotopic (exact) mass is 847 g/mol. The second-order valence-electron chi connectivity index (χ2n) is 17.5. The van der Waals surface area contributed by atoms with Crippen LogP contribution in [0.1, 0.15) is 98.6 Å². The van der Waals surface area contributed by atoms with Crippen molar-refractivity contribution in [1.82, 2.24) is 16.0 Å². The molecular formula is C54H57N9O. The van der Waals surface area contributed by atoms with Crippen LogP contribution in [0.25, 0.3) is 0 Å². The summed E-state index contributed by atoms with van der Waals surface area (Å²) in [5.74, 6) is 3.53. The highest BCUT2D eigenvalue weighted by Gasteiger charge is 2.27. The summed E-state index contributed by atoms with van der Waals surface area (Å²) in [5.41, 5.74) is 18.4. The van der Waals surface area contributed by atoms with Crippen LogP contribution in [0, 0.1) is 13.8 Å². The van der Waals surface area contributed by atoms with E-state index in [9.17, 15) is 0 Å². The summed E-state index contributed by atoms with van der Waals surface area (Å²) < 4.78 is 5.26. The van der Waals surface area contributed by atoms with Crippen LogP contribution in [0.2, 0.25) is 0 Å². The van der Waals surface area contributed by atoms with E-state index in [0.717, 1.165) is 86.5 Å². The zero-order valence-corrected chi connectivity index (χ0v) is 37.0. The number of nitrogens with zero attached hydrogens (tertiary/aromatic N) is 3. The number of fused-ring (bicyclic) bond motifs is 6. The van der Waals surface area contributed by atoms with E-state index in [1.807, 2.05) is 18.2 Å². The standard InChI is InChI=1S/C18H19N3O.2C18H19N3/c1-22-14-7-9-16-13(10-14)11-19-18(20-16)21-17-8-6-12-4-2-3-5-15(12)17;1-12-5-4-8-16-15(12)11-19-18(20-16)21-17-10-9-13-6-2-3-7-14(13)17;1-12-6-8-16-14(10-12)11-19-18(20-16)21-17-9-7-13-4-2-3-5-15(13)17/h2-5,7,9-10,17H,6,8,11H2,1H3,(H2,19,20,21);2-8,17H,9-11H2,1H3,(H2,19,20,21);2-6,8,10,17H,7,9,11H2,1H3,(H2,19,20,21). The molecular weight excluding hydrogens is 791 g/mol. The molecule has 6 aliphatic rings. The molecule has 0 spiro atoms. The molecule has 3 aliphatic carbocycles. The van der Waals surface area contributed by atoms with E-state index < -0.39 is 0 Å². The van der Waals surface area contributed by atoms with Gasteiger partial charge in [0, 0.05) is 28.2 Å². The number of hydrogen-bond donors (Lipinski definition) is 6. The van der Waals surface area contributed by atoms with Crippen molar-refractivity contribution in [1.29, 1.82) is 0 Å². The predicted octanol–water partition coefficient (Wildman–Crippen LogP) is 10.4. The summed E-state index contributed by atoms with van der Waals surface area (Å²) in [5, 5.41) is 20.9. The molecule has 3 heterocycles. The second-order valence-corrected chi connectivity index (χ2v) is 17.5. The van der Waals surface area contributed by atoms with Crippen LogP contribution in [-0.2, 0) is 38.9 Å². The molecule has 6 N–H and O–H groups in total. The Kier molecular flexibility index (Phi) is 11.7. The van der Waals surface area contributed by atoms with Crippen molar-refractivity contribution < 1.29 is 4.74 Å². The van der Waals surface area contributed by atoms with E-state index in [1.165, 1.54) is 67.0 Å². The third-order valence-corrected chi connectivity index (χ3v) is 13.3. The molecule has 3 atom stereocenters. The molecule has 324 valence electrons. The fraction of sp³-hybridized carbons (Fsp3) is 0.278. The average Bonchev–Trinajstić information content (AvgIpc) is 4.06. The van der Waals surface area contributed by atoms with Gasteiger partial charge >= 0.3 is 0 Å². The molecule has 3 unspecified atom stereocenters. The van der Waals surface area contributed by atoms with Crippen molar-refractivity contribution in [2.45, 2.75) is 90.1 Å². The van der Waals surface area contributed by atoms with Crippen LogP contribution < -0.4 is 36.6 Å². The van der Waals surface area contributed by atoms with Gasteiger partial charge in [-0.05, 0) is 127 Å². The van der Waals surface area contributed by atoms with Gasteiger partial charge in [0.2, 0.25) is 0 Å². The first-order valence-electron chi connectivity index (χ1n) is 22.8. The number of methoxy groups -OCH3 is 1. The number of hydrogen-bond acceptors (Lipinski definition) is 10. The summed E-state index contributed by atoms with van der Waals surface area (Å²) in [7, 11) is 1.69. The number of rotatable bonds is 4. The van der Waals surface area contributed by atoms with Gasteiger partial charge in [0.25, 0.3) is 0 Å². The Bertz CT molecular complexity index is 2770. The normalized spacial score (nSPS) is 19.1. The van der Waals surface area contributed by atoms with E-state index in [1.54, 1.807) is 7.11 Å². The Morgan fingerprint density at radius 2 is 0.938 bits per heavy atom. The minimum Gasteiger partial charge on any atom is -0.497 e. The number of aryl methyl sites for hydroxylation is 5. The maximum atomic E-state index is 5.26. The lowest BCUT2D eigenvalue weighted by Crippen LogP contribution is -2.35. The third-order valence-electron chi connectivity index (χ3n) is 13.3. The van der Waals surface area contributed by atoms with Gasteiger partial charge < -0.3 is 36.6 Å². The van der Waals surface area contributed by atoms with Crippen LogP contribution in [0.3, 0.4) is 0 Å². The van der Waals surface area contributed by atoms with Crippen molar-refractivity contribution >= 4 is 34.9 Å². The molecule has 10 heteroatoms. The van der Waals surface area contributed by atoms with Gasteiger partial charge in [-0.3, -0.25) is 0 Å². The highest BCUT2D eigenvalue weighted by Crippen LogP contribution is 2.34. The van der Waals surface area contributed by atoms with E-state index in [0.29, 0.717) is 24.7 Å².